The number of hydrogen-bond donors (Lipinski definition) is 2. The quantitative estimate of drug-likeness (QED) is 0.272. The Morgan fingerprint density at radius 3 is 2.55 bits per heavy atom. The van der Waals surface area contributed by atoms with Crippen LogP contribution in [0.2, 0.25) is 0 Å². The lowest BCUT2D eigenvalue weighted by molar-refractivity contribution is -0.146. The minimum atomic E-state index is -4.14. The van der Waals surface area contributed by atoms with Gasteiger partial charge in [0, 0.05) is 11.8 Å². The lowest BCUT2D eigenvalue weighted by Crippen LogP contribution is -2.36. The molecule has 13 heteroatoms. The largest absolute Gasteiger partial charge is 0.460 e. The Labute approximate surface area is 218 Å². The summed E-state index contributed by atoms with van der Waals surface area (Å²) in [5.74, 6) is -0.412. The molecule has 3 aromatic rings. The van der Waals surface area contributed by atoms with Gasteiger partial charge in [-0.05, 0) is 31.5 Å². The van der Waals surface area contributed by atoms with Crippen molar-refractivity contribution in [3.63, 3.8) is 0 Å². The fraction of sp³-hybridized carbons (Fsp3) is 0.320. The summed E-state index contributed by atoms with van der Waals surface area (Å²) in [6, 6.07) is 16.4. The van der Waals surface area contributed by atoms with Gasteiger partial charge in [0.2, 0.25) is 0 Å². The van der Waals surface area contributed by atoms with E-state index in [1.807, 2.05) is 30.3 Å². The highest BCUT2D eigenvalue weighted by atomic mass is 31.2. The van der Waals surface area contributed by atoms with Gasteiger partial charge in [-0.3, -0.25) is 23.7 Å². The van der Waals surface area contributed by atoms with Crippen LogP contribution >= 0.6 is 7.75 Å². The van der Waals surface area contributed by atoms with Gasteiger partial charge in [-0.25, -0.2) is 9.36 Å². The maximum absolute atomic E-state index is 13.6. The number of benzene rings is 2. The van der Waals surface area contributed by atoms with Gasteiger partial charge in [-0.2, -0.15) is 5.09 Å². The standard InChI is InChI=1S/C25H28N3O9P/c1-17-13-28(25(31)26-23(17)29)21-15-33-22(36-21)16-35-38(32,37-20-11-7-4-8-12-20)27-18(2)24(30)34-14-19-9-5-3-6-10-19/h3-13,18,21-22H,14-16H2,1-2H3,(H,27,32)(H,26,29,31)/t18-,21+,22+,38?/m0/s1. The van der Waals surface area contributed by atoms with Crippen LogP contribution in [-0.2, 0) is 34.7 Å². The van der Waals surface area contributed by atoms with Crippen LogP contribution in [-0.4, -0.2) is 41.1 Å². The molecule has 0 radical (unpaired) electrons. The Hall–Kier alpha value is -3.54. The first-order valence-electron chi connectivity index (χ1n) is 11.8. The minimum Gasteiger partial charge on any atom is -0.460 e. The Morgan fingerprint density at radius 1 is 1.16 bits per heavy atom. The molecule has 0 aliphatic carbocycles. The van der Waals surface area contributed by atoms with Crippen LogP contribution in [0, 0.1) is 6.92 Å². The van der Waals surface area contributed by atoms with Gasteiger partial charge in [0.25, 0.3) is 5.56 Å². The molecule has 4 rings (SSSR count). The predicted octanol–water partition coefficient (Wildman–Crippen LogP) is 2.64. The topological polar surface area (TPSA) is 147 Å². The number of esters is 1. The van der Waals surface area contributed by atoms with Gasteiger partial charge in [-0.15, -0.1) is 0 Å². The smallest absolute Gasteiger partial charge is 0.459 e. The van der Waals surface area contributed by atoms with Crippen molar-refractivity contribution >= 4 is 13.7 Å². The summed E-state index contributed by atoms with van der Waals surface area (Å²) in [6.07, 6.45) is -0.471. The highest BCUT2D eigenvalue weighted by Crippen LogP contribution is 2.45. The molecular weight excluding hydrogens is 517 g/mol. The lowest BCUT2D eigenvalue weighted by Gasteiger charge is -2.24. The molecule has 1 fully saturated rings. The minimum absolute atomic E-state index is 0.0150. The van der Waals surface area contributed by atoms with E-state index in [1.165, 1.54) is 17.7 Å². The molecule has 0 bridgehead atoms. The van der Waals surface area contributed by atoms with Crippen LogP contribution in [0.25, 0.3) is 0 Å². The highest BCUT2D eigenvalue weighted by Gasteiger charge is 2.36. The summed E-state index contributed by atoms with van der Waals surface area (Å²) in [6.45, 7) is 2.71. The Balaban J connectivity index is 1.40. The van der Waals surface area contributed by atoms with E-state index < -0.39 is 43.5 Å². The third kappa shape index (κ3) is 7.27. The second-order valence-electron chi connectivity index (χ2n) is 8.47. The SMILES string of the molecule is Cc1cn([C@H]2CO[C@@H](COP(=O)(N[C@@H](C)C(=O)OCc3ccccc3)Oc3ccccc3)O2)c(=O)[nH]c1=O. The van der Waals surface area contributed by atoms with Crippen molar-refractivity contribution in [3.8, 4) is 5.75 Å². The summed E-state index contributed by atoms with van der Waals surface area (Å²) in [7, 11) is -4.14. The molecule has 202 valence electrons. The molecule has 12 nitrogen and oxygen atoms in total. The molecule has 1 unspecified atom stereocenters. The average Bonchev–Trinajstić information content (AvgIpc) is 3.38. The first-order chi connectivity index (χ1) is 18.2. The molecule has 38 heavy (non-hydrogen) atoms. The number of nitrogens with zero attached hydrogens (tertiary/aromatic N) is 1. The average molecular weight is 545 g/mol. The lowest BCUT2D eigenvalue weighted by atomic mass is 10.2. The van der Waals surface area contributed by atoms with Crippen molar-refractivity contribution in [2.45, 2.75) is 39.0 Å². The van der Waals surface area contributed by atoms with Crippen LogP contribution < -0.4 is 20.9 Å². The molecule has 2 heterocycles. The number of aryl methyl sites for hydroxylation is 1. The summed E-state index contributed by atoms with van der Waals surface area (Å²) in [4.78, 5) is 38.6. The Morgan fingerprint density at radius 2 is 1.84 bits per heavy atom. The van der Waals surface area contributed by atoms with Gasteiger partial charge >= 0.3 is 19.4 Å². The zero-order valence-electron chi connectivity index (χ0n) is 20.8. The van der Waals surface area contributed by atoms with Crippen LogP contribution in [0.1, 0.15) is 24.3 Å². The molecule has 2 aromatic carbocycles. The van der Waals surface area contributed by atoms with E-state index in [2.05, 4.69) is 10.1 Å². The number of hydrogen-bond acceptors (Lipinski definition) is 9. The molecule has 0 spiro atoms. The van der Waals surface area contributed by atoms with Gasteiger partial charge < -0.3 is 18.7 Å². The van der Waals surface area contributed by atoms with Crippen molar-refractivity contribution in [3.05, 3.63) is 98.8 Å². The van der Waals surface area contributed by atoms with Gasteiger partial charge in [-0.1, -0.05) is 48.5 Å². The van der Waals surface area contributed by atoms with E-state index in [9.17, 15) is 18.9 Å². The van der Waals surface area contributed by atoms with Crippen molar-refractivity contribution in [1.29, 1.82) is 0 Å². The number of H-pyrrole nitrogens is 1. The van der Waals surface area contributed by atoms with E-state index in [0.717, 1.165) is 5.56 Å². The second-order valence-corrected chi connectivity index (χ2v) is 10.2. The van der Waals surface area contributed by atoms with Crippen molar-refractivity contribution in [2.75, 3.05) is 13.2 Å². The molecule has 1 aliphatic heterocycles. The summed E-state index contributed by atoms with van der Waals surface area (Å²) in [5.41, 5.74) is -0.0224. The molecule has 0 amide bonds. The van der Waals surface area contributed by atoms with Crippen LogP contribution in [0.5, 0.6) is 5.75 Å². The number of nitrogens with one attached hydrogen (secondary N) is 2. The number of ether oxygens (including phenoxy) is 3. The molecule has 1 aromatic heterocycles. The van der Waals surface area contributed by atoms with E-state index in [1.54, 1.807) is 37.3 Å². The van der Waals surface area contributed by atoms with E-state index in [0.29, 0.717) is 5.56 Å². The van der Waals surface area contributed by atoms with Crippen LogP contribution in [0.3, 0.4) is 0 Å². The first-order valence-corrected chi connectivity index (χ1v) is 13.3. The normalized spacial score (nSPS) is 19.4. The fourth-order valence-electron chi connectivity index (χ4n) is 3.49. The third-order valence-corrected chi connectivity index (χ3v) is 7.11. The van der Waals surface area contributed by atoms with Gasteiger partial charge in [0.05, 0.1) is 6.61 Å². The fourth-order valence-corrected chi connectivity index (χ4v) is 4.97. The Kier molecular flexibility index (Phi) is 8.93. The molecule has 4 atom stereocenters. The second kappa shape index (κ2) is 12.3. The monoisotopic (exact) mass is 545 g/mol. The Bertz CT molecular complexity index is 1390. The predicted molar refractivity (Wildman–Crippen MR) is 135 cm³/mol. The van der Waals surface area contributed by atoms with Crippen molar-refractivity contribution in [2.24, 2.45) is 0 Å². The zero-order chi connectivity index (χ0) is 27.1. The number of carbonyl (C=O) groups excluding carboxylic acids is 1. The summed E-state index contributed by atoms with van der Waals surface area (Å²) >= 11 is 0. The molecule has 1 aliphatic rings. The highest BCUT2D eigenvalue weighted by molar-refractivity contribution is 7.52. The third-order valence-electron chi connectivity index (χ3n) is 5.47. The number of aromatic nitrogens is 2. The molecule has 0 saturated carbocycles. The van der Waals surface area contributed by atoms with Crippen molar-refractivity contribution in [1.82, 2.24) is 14.6 Å². The van der Waals surface area contributed by atoms with Crippen LogP contribution in [0.15, 0.2) is 76.4 Å². The molecule has 2 N–H and O–H groups in total. The van der Waals surface area contributed by atoms with Crippen LogP contribution in [0.4, 0.5) is 0 Å². The number of rotatable bonds is 11. The number of carbonyl (C=O) groups is 1. The van der Waals surface area contributed by atoms with E-state index >= 15 is 0 Å². The molecule has 1 saturated heterocycles. The number of para-hydroxylation sites is 1. The zero-order valence-corrected chi connectivity index (χ0v) is 21.7. The maximum Gasteiger partial charge on any atom is 0.459 e. The molecular formula is C25H28N3O9P. The van der Waals surface area contributed by atoms with Crippen molar-refractivity contribution < 1.29 is 32.6 Å². The summed E-state index contributed by atoms with van der Waals surface area (Å²) < 4.78 is 42.6. The first kappa shape index (κ1) is 27.5. The van der Waals surface area contributed by atoms with E-state index in [-0.39, 0.29) is 25.6 Å². The van der Waals surface area contributed by atoms with E-state index in [4.69, 9.17) is 23.3 Å². The van der Waals surface area contributed by atoms with Gasteiger partial charge in [0.1, 0.15) is 25.0 Å². The summed E-state index contributed by atoms with van der Waals surface area (Å²) in [5, 5.41) is 2.60. The maximum atomic E-state index is 13.6. The van der Waals surface area contributed by atoms with Gasteiger partial charge in [0.15, 0.2) is 12.5 Å². The number of aromatic amines is 1.